The first kappa shape index (κ1) is 21.5. The first-order valence-electron chi connectivity index (χ1n) is 10.4. The second kappa shape index (κ2) is 9.58. The molecule has 6 heteroatoms. The van der Waals surface area contributed by atoms with Crippen molar-refractivity contribution in [3.8, 4) is 0 Å². The molecular formula is C26H24N2O4. The summed E-state index contributed by atoms with van der Waals surface area (Å²) in [6, 6.07) is 23.7. The Morgan fingerprint density at radius 3 is 2.12 bits per heavy atom. The molecule has 162 valence electrons. The molecule has 0 unspecified atom stereocenters. The van der Waals surface area contributed by atoms with Crippen LogP contribution in [0.15, 0.2) is 78.9 Å². The summed E-state index contributed by atoms with van der Waals surface area (Å²) in [6.45, 7) is 1.45. The van der Waals surface area contributed by atoms with Crippen molar-refractivity contribution < 1.29 is 19.1 Å². The molecule has 6 nitrogen and oxygen atoms in total. The number of hydrogen-bond donors (Lipinski definition) is 0. The Bertz CT molecular complexity index is 1110. The van der Waals surface area contributed by atoms with E-state index in [-0.39, 0.29) is 24.3 Å². The van der Waals surface area contributed by atoms with Crippen molar-refractivity contribution in [2.24, 2.45) is 0 Å². The minimum Gasteiger partial charge on any atom is -0.383 e. The Kier molecular flexibility index (Phi) is 6.42. The molecule has 1 aliphatic rings. The Hall–Kier alpha value is -3.77. The average Bonchev–Trinajstić information content (AvgIpc) is 3.07. The largest absolute Gasteiger partial charge is 0.383 e. The second-order valence-corrected chi connectivity index (χ2v) is 7.65. The van der Waals surface area contributed by atoms with Crippen LogP contribution in [-0.2, 0) is 17.8 Å². The van der Waals surface area contributed by atoms with Crippen molar-refractivity contribution in [3.63, 3.8) is 0 Å². The van der Waals surface area contributed by atoms with Crippen LogP contribution in [0.1, 0.15) is 42.2 Å². The summed E-state index contributed by atoms with van der Waals surface area (Å²) in [5.41, 5.74) is 3.08. The van der Waals surface area contributed by atoms with E-state index in [0.29, 0.717) is 36.4 Å². The lowest BCUT2D eigenvalue weighted by Crippen LogP contribution is -2.33. The number of fused-ring (bicyclic) bond motifs is 1. The highest BCUT2D eigenvalue weighted by Crippen LogP contribution is 2.24. The van der Waals surface area contributed by atoms with Crippen LogP contribution in [0.25, 0.3) is 0 Å². The summed E-state index contributed by atoms with van der Waals surface area (Å²) in [5.74, 6) is -0.753. The molecule has 0 saturated carbocycles. The van der Waals surface area contributed by atoms with Gasteiger partial charge in [-0.3, -0.25) is 19.3 Å². The van der Waals surface area contributed by atoms with Gasteiger partial charge in [0, 0.05) is 25.8 Å². The molecule has 0 fully saturated rings. The molecule has 0 aromatic heterocycles. The number of carbonyl (C=O) groups excluding carboxylic acids is 3. The predicted molar refractivity (Wildman–Crippen MR) is 120 cm³/mol. The van der Waals surface area contributed by atoms with Crippen molar-refractivity contribution in [3.05, 3.63) is 107 Å². The number of benzene rings is 3. The van der Waals surface area contributed by atoms with Crippen LogP contribution in [0.4, 0.5) is 0 Å². The molecule has 32 heavy (non-hydrogen) atoms. The van der Waals surface area contributed by atoms with Gasteiger partial charge in [-0.25, -0.2) is 0 Å². The standard InChI is InChI=1S/C26H24N2O4/c1-32-15-14-27(17-19-8-3-2-4-9-19)24(29)21-11-7-10-20(16-21)18-28-25(30)22-12-5-6-13-23(22)26(28)31/h2-13,16H,14-15,17-18H2,1H3. The lowest BCUT2D eigenvalue weighted by molar-refractivity contribution is 0.0642. The Labute approximate surface area is 187 Å². The lowest BCUT2D eigenvalue weighted by Gasteiger charge is -2.23. The highest BCUT2D eigenvalue weighted by Gasteiger charge is 2.35. The third-order valence-electron chi connectivity index (χ3n) is 5.46. The fraction of sp³-hybridized carbons (Fsp3) is 0.192. The molecule has 0 atom stereocenters. The molecular weight excluding hydrogens is 404 g/mol. The maximum Gasteiger partial charge on any atom is 0.261 e. The zero-order valence-corrected chi connectivity index (χ0v) is 17.9. The molecule has 0 radical (unpaired) electrons. The van der Waals surface area contributed by atoms with Gasteiger partial charge in [0.15, 0.2) is 0 Å². The summed E-state index contributed by atoms with van der Waals surface area (Å²) in [4.78, 5) is 41.6. The van der Waals surface area contributed by atoms with Gasteiger partial charge >= 0.3 is 0 Å². The minimum absolute atomic E-state index is 0.115. The molecule has 3 aromatic rings. The first-order valence-corrected chi connectivity index (χ1v) is 10.4. The smallest absolute Gasteiger partial charge is 0.261 e. The summed E-state index contributed by atoms with van der Waals surface area (Å²) in [6.07, 6.45) is 0. The second-order valence-electron chi connectivity index (χ2n) is 7.65. The third-order valence-corrected chi connectivity index (χ3v) is 5.46. The van der Waals surface area contributed by atoms with E-state index in [2.05, 4.69) is 0 Å². The van der Waals surface area contributed by atoms with Gasteiger partial charge in [-0.05, 0) is 35.4 Å². The molecule has 0 spiro atoms. The van der Waals surface area contributed by atoms with E-state index >= 15 is 0 Å². The highest BCUT2D eigenvalue weighted by atomic mass is 16.5. The highest BCUT2D eigenvalue weighted by molar-refractivity contribution is 6.21. The number of ether oxygens (including phenoxy) is 1. The number of amides is 3. The predicted octanol–water partition coefficient (Wildman–Crippen LogP) is 3.77. The number of rotatable bonds is 8. The van der Waals surface area contributed by atoms with E-state index in [1.165, 1.54) is 4.90 Å². The minimum atomic E-state index is -0.312. The quantitative estimate of drug-likeness (QED) is 0.512. The maximum atomic E-state index is 13.3. The van der Waals surface area contributed by atoms with Crippen LogP contribution < -0.4 is 0 Å². The van der Waals surface area contributed by atoms with Gasteiger partial charge in [-0.2, -0.15) is 0 Å². The molecule has 3 aromatic carbocycles. The zero-order chi connectivity index (χ0) is 22.5. The number of nitrogens with zero attached hydrogens (tertiary/aromatic N) is 2. The van der Waals surface area contributed by atoms with E-state index in [1.807, 2.05) is 36.4 Å². The zero-order valence-electron chi connectivity index (χ0n) is 17.9. The van der Waals surface area contributed by atoms with Crippen molar-refractivity contribution in [1.29, 1.82) is 0 Å². The van der Waals surface area contributed by atoms with Crippen LogP contribution >= 0.6 is 0 Å². The van der Waals surface area contributed by atoms with Crippen LogP contribution in [0.2, 0.25) is 0 Å². The van der Waals surface area contributed by atoms with Crippen molar-refractivity contribution >= 4 is 17.7 Å². The normalized spacial score (nSPS) is 12.7. The van der Waals surface area contributed by atoms with Crippen LogP contribution in [0, 0.1) is 0 Å². The molecule has 0 N–H and O–H groups in total. The number of carbonyl (C=O) groups is 3. The molecule has 4 rings (SSSR count). The summed E-state index contributed by atoms with van der Waals surface area (Å²) >= 11 is 0. The van der Waals surface area contributed by atoms with E-state index in [9.17, 15) is 14.4 Å². The van der Waals surface area contributed by atoms with Crippen LogP contribution in [0.5, 0.6) is 0 Å². The van der Waals surface area contributed by atoms with Gasteiger partial charge < -0.3 is 9.64 Å². The summed E-state index contributed by atoms with van der Waals surface area (Å²) < 4.78 is 5.19. The van der Waals surface area contributed by atoms with Gasteiger partial charge in [0.1, 0.15) is 0 Å². The van der Waals surface area contributed by atoms with Crippen LogP contribution in [0.3, 0.4) is 0 Å². The molecule has 1 aliphatic heterocycles. The summed E-state index contributed by atoms with van der Waals surface area (Å²) in [5, 5.41) is 0. The third kappa shape index (κ3) is 4.45. The van der Waals surface area contributed by atoms with Gasteiger partial charge in [-0.15, -0.1) is 0 Å². The number of methoxy groups -OCH3 is 1. The van der Waals surface area contributed by atoms with E-state index < -0.39 is 0 Å². The molecule has 1 heterocycles. The topological polar surface area (TPSA) is 66.9 Å². The van der Waals surface area contributed by atoms with Crippen molar-refractivity contribution in [2.75, 3.05) is 20.3 Å². The number of imide groups is 1. The SMILES string of the molecule is COCCN(Cc1ccccc1)C(=O)c1cccc(CN2C(=O)c3ccccc3C2=O)c1. The van der Waals surface area contributed by atoms with Gasteiger partial charge in [-0.1, -0.05) is 54.6 Å². The summed E-state index contributed by atoms with van der Waals surface area (Å²) in [7, 11) is 1.61. The van der Waals surface area contributed by atoms with Crippen molar-refractivity contribution in [1.82, 2.24) is 9.80 Å². The Morgan fingerprint density at radius 2 is 1.47 bits per heavy atom. The van der Waals surface area contributed by atoms with Gasteiger partial charge in [0.2, 0.25) is 0 Å². The average molecular weight is 428 g/mol. The monoisotopic (exact) mass is 428 g/mol. The Morgan fingerprint density at radius 1 is 0.844 bits per heavy atom. The van der Waals surface area contributed by atoms with Crippen LogP contribution in [-0.4, -0.2) is 47.8 Å². The molecule has 3 amide bonds. The lowest BCUT2D eigenvalue weighted by atomic mass is 10.1. The van der Waals surface area contributed by atoms with E-state index in [0.717, 1.165) is 11.1 Å². The maximum absolute atomic E-state index is 13.3. The molecule has 0 aliphatic carbocycles. The van der Waals surface area contributed by atoms with Crippen molar-refractivity contribution in [2.45, 2.75) is 13.1 Å². The fourth-order valence-corrected chi connectivity index (χ4v) is 3.81. The first-order chi connectivity index (χ1) is 15.6. The Balaban J connectivity index is 1.53. The van der Waals surface area contributed by atoms with Gasteiger partial charge in [0.05, 0.1) is 24.3 Å². The van der Waals surface area contributed by atoms with E-state index in [4.69, 9.17) is 4.74 Å². The fourth-order valence-electron chi connectivity index (χ4n) is 3.81. The molecule has 0 saturated heterocycles. The van der Waals surface area contributed by atoms with E-state index in [1.54, 1.807) is 54.5 Å². The number of hydrogen-bond acceptors (Lipinski definition) is 4. The molecule has 0 bridgehead atoms. The van der Waals surface area contributed by atoms with Gasteiger partial charge in [0.25, 0.3) is 17.7 Å².